The Morgan fingerprint density at radius 1 is 1.26 bits per heavy atom. The zero-order chi connectivity index (χ0) is 19.1. The first-order valence-electron chi connectivity index (χ1n) is 9.31. The smallest absolute Gasteiger partial charge is 0.337 e. The van der Waals surface area contributed by atoms with E-state index in [0.29, 0.717) is 24.7 Å². The van der Waals surface area contributed by atoms with E-state index in [9.17, 15) is 9.90 Å². The minimum absolute atomic E-state index is 0.141. The standard InChI is InChI=1S/C19H25N5O3/c1-2-3-4-5-21-19-22-13-16(14-10-15(18(25)26)12-20-11-14)17(23-19)24-6-8-27-9-7-24/h10-13H,2-9H2,1H3,(H,25,26)(H,21,22,23). The van der Waals surface area contributed by atoms with E-state index >= 15 is 0 Å². The van der Waals surface area contributed by atoms with Gasteiger partial charge >= 0.3 is 5.97 Å². The quantitative estimate of drug-likeness (QED) is 0.683. The van der Waals surface area contributed by atoms with E-state index in [1.54, 1.807) is 18.5 Å². The van der Waals surface area contributed by atoms with Crippen molar-refractivity contribution in [3.63, 3.8) is 0 Å². The number of hydrogen-bond donors (Lipinski definition) is 2. The summed E-state index contributed by atoms with van der Waals surface area (Å²) >= 11 is 0. The number of aromatic nitrogens is 3. The maximum atomic E-state index is 11.3. The average Bonchev–Trinajstić information content (AvgIpc) is 2.72. The summed E-state index contributed by atoms with van der Waals surface area (Å²) in [6.07, 6.45) is 8.11. The van der Waals surface area contributed by atoms with Crippen LogP contribution in [0.25, 0.3) is 11.1 Å². The number of carboxylic acids is 1. The lowest BCUT2D eigenvalue weighted by Gasteiger charge is -2.29. The van der Waals surface area contributed by atoms with Gasteiger partial charge in [-0.05, 0) is 12.5 Å². The van der Waals surface area contributed by atoms with E-state index in [0.717, 1.165) is 50.3 Å². The minimum atomic E-state index is -1.01. The summed E-state index contributed by atoms with van der Waals surface area (Å²) < 4.78 is 5.45. The van der Waals surface area contributed by atoms with Gasteiger partial charge in [0.05, 0.1) is 18.8 Å². The molecule has 8 nitrogen and oxygen atoms in total. The molecule has 0 amide bonds. The summed E-state index contributed by atoms with van der Waals surface area (Å²) in [5.74, 6) is 0.349. The van der Waals surface area contributed by atoms with Crippen molar-refractivity contribution in [3.8, 4) is 11.1 Å². The molecule has 0 aliphatic carbocycles. The van der Waals surface area contributed by atoms with Crippen LogP contribution in [-0.4, -0.2) is 58.9 Å². The molecule has 3 heterocycles. The van der Waals surface area contributed by atoms with Crippen LogP contribution < -0.4 is 10.2 Å². The summed E-state index contributed by atoms with van der Waals surface area (Å²) in [4.78, 5) is 26.6. The highest BCUT2D eigenvalue weighted by molar-refractivity contribution is 5.89. The molecule has 2 aromatic heterocycles. The molecule has 0 saturated carbocycles. The van der Waals surface area contributed by atoms with Crippen LogP contribution in [0.5, 0.6) is 0 Å². The lowest BCUT2D eigenvalue weighted by Crippen LogP contribution is -2.37. The predicted octanol–water partition coefficient (Wildman–Crippen LogP) is 2.68. The Kier molecular flexibility index (Phi) is 6.54. The van der Waals surface area contributed by atoms with Crippen LogP contribution in [0, 0.1) is 0 Å². The number of nitrogens with zero attached hydrogens (tertiary/aromatic N) is 4. The molecule has 1 fully saturated rings. The Hall–Kier alpha value is -2.74. The van der Waals surface area contributed by atoms with E-state index in [2.05, 4.69) is 27.1 Å². The SMILES string of the molecule is CCCCCNc1ncc(-c2cncc(C(=O)O)c2)c(N2CCOCC2)n1. The third-order valence-corrected chi connectivity index (χ3v) is 4.44. The number of pyridine rings is 1. The van der Waals surface area contributed by atoms with E-state index in [-0.39, 0.29) is 5.56 Å². The van der Waals surface area contributed by atoms with Crippen LogP contribution >= 0.6 is 0 Å². The van der Waals surface area contributed by atoms with Gasteiger partial charge in [0.1, 0.15) is 5.82 Å². The molecular formula is C19H25N5O3. The van der Waals surface area contributed by atoms with E-state index in [4.69, 9.17) is 9.72 Å². The van der Waals surface area contributed by atoms with Gasteiger partial charge in [-0.2, -0.15) is 4.98 Å². The fourth-order valence-electron chi connectivity index (χ4n) is 2.96. The first kappa shape index (κ1) is 19.0. The Labute approximate surface area is 158 Å². The van der Waals surface area contributed by atoms with E-state index in [1.165, 1.54) is 6.20 Å². The number of hydrogen-bond acceptors (Lipinski definition) is 7. The summed E-state index contributed by atoms with van der Waals surface area (Å²) in [6.45, 7) is 5.72. The Morgan fingerprint density at radius 3 is 2.81 bits per heavy atom. The minimum Gasteiger partial charge on any atom is -0.478 e. The summed E-state index contributed by atoms with van der Waals surface area (Å²) in [5, 5.41) is 12.5. The van der Waals surface area contributed by atoms with E-state index in [1.807, 2.05) is 0 Å². The number of carboxylic acid groups (broad SMARTS) is 1. The third kappa shape index (κ3) is 4.91. The molecule has 0 atom stereocenters. The Bertz CT molecular complexity index is 778. The average molecular weight is 371 g/mol. The molecule has 2 N–H and O–H groups in total. The molecule has 0 bridgehead atoms. The van der Waals surface area contributed by atoms with Gasteiger partial charge in [-0.15, -0.1) is 0 Å². The maximum absolute atomic E-state index is 11.3. The lowest BCUT2D eigenvalue weighted by atomic mass is 10.1. The van der Waals surface area contributed by atoms with Crippen molar-refractivity contribution >= 4 is 17.7 Å². The molecule has 27 heavy (non-hydrogen) atoms. The zero-order valence-electron chi connectivity index (χ0n) is 15.5. The van der Waals surface area contributed by atoms with Crippen molar-refractivity contribution in [1.82, 2.24) is 15.0 Å². The Morgan fingerprint density at radius 2 is 2.07 bits per heavy atom. The molecular weight excluding hydrogens is 346 g/mol. The van der Waals surface area contributed by atoms with Gasteiger partial charge in [0, 0.05) is 49.4 Å². The van der Waals surface area contributed by atoms with Crippen LogP contribution in [-0.2, 0) is 4.74 Å². The largest absolute Gasteiger partial charge is 0.478 e. The summed E-state index contributed by atoms with van der Waals surface area (Å²) in [7, 11) is 0. The van der Waals surface area contributed by atoms with Gasteiger partial charge in [0.25, 0.3) is 0 Å². The molecule has 1 saturated heterocycles. The van der Waals surface area contributed by atoms with Crippen molar-refractivity contribution in [3.05, 3.63) is 30.2 Å². The molecule has 0 radical (unpaired) electrons. The zero-order valence-corrected chi connectivity index (χ0v) is 15.5. The molecule has 3 rings (SSSR count). The summed E-state index contributed by atoms with van der Waals surface area (Å²) in [5.41, 5.74) is 1.60. The summed E-state index contributed by atoms with van der Waals surface area (Å²) in [6, 6.07) is 1.60. The molecule has 8 heteroatoms. The maximum Gasteiger partial charge on any atom is 0.337 e. The number of nitrogens with one attached hydrogen (secondary N) is 1. The highest BCUT2D eigenvalue weighted by atomic mass is 16.5. The number of anilines is 2. The highest BCUT2D eigenvalue weighted by Crippen LogP contribution is 2.30. The predicted molar refractivity (Wildman–Crippen MR) is 103 cm³/mol. The normalized spacial score (nSPS) is 14.2. The molecule has 144 valence electrons. The highest BCUT2D eigenvalue weighted by Gasteiger charge is 2.19. The third-order valence-electron chi connectivity index (χ3n) is 4.44. The number of unbranched alkanes of at least 4 members (excludes halogenated alkanes) is 2. The van der Waals surface area contributed by atoms with Crippen LogP contribution in [0.4, 0.5) is 11.8 Å². The monoisotopic (exact) mass is 371 g/mol. The first-order chi connectivity index (χ1) is 13.2. The van der Waals surface area contributed by atoms with Crippen molar-refractivity contribution in [2.45, 2.75) is 26.2 Å². The van der Waals surface area contributed by atoms with Crippen LogP contribution in [0.2, 0.25) is 0 Å². The Balaban J connectivity index is 1.91. The van der Waals surface area contributed by atoms with Gasteiger partial charge in [0.2, 0.25) is 5.95 Å². The van der Waals surface area contributed by atoms with Crippen molar-refractivity contribution < 1.29 is 14.6 Å². The van der Waals surface area contributed by atoms with Crippen LogP contribution in [0.1, 0.15) is 36.5 Å². The number of rotatable bonds is 8. The topological polar surface area (TPSA) is 100 Å². The lowest BCUT2D eigenvalue weighted by molar-refractivity contribution is 0.0696. The van der Waals surface area contributed by atoms with Crippen molar-refractivity contribution in [2.24, 2.45) is 0 Å². The molecule has 1 aliphatic heterocycles. The molecule has 2 aromatic rings. The molecule has 0 spiro atoms. The van der Waals surface area contributed by atoms with Gasteiger partial charge < -0.3 is 20.1 Å². The van der Waals surface area contributed by atoms with Crippen molar-refractivity contribution in [2.75, 3.05) is 43.1 Å². The first-order valence-corrected chi connectivity index (χ1v) is 9.31. The van der Waals surface area contributed by atoms with Crippen molar-refractivity contribution in [1.29, 1.82) is 0 Å². The fourth-order valence-corrected chi connectivity index (χ4v) is 2.96. The van der Waals surface area contributed by atoms with Crippen LogP contribution in [0.3, 0.4) is 0 Å². The molecule has 1 aliphatic rings. The van der Waals surface area contributed by atoms with Crippen LogP contribution in [0.15, 0.2) is 24.7 Å². The molecule has 0 unspecified atom stereocenters. The second-order valence-electron chi connectivity index (χ2n) is 6.43. The number of carbonyl (C=O) groups is 1. The van der Waals surface area contributed by atoms with Gasteiger partial charge in [0.15, 0.2) is 0 Å². The number of ether oxygens (including phenoxy) is 1. The number of morpholine rings is 1. The molecule has 0 aromatic carbocycles. The number of aromatic carboxylic acids is 1. The van der Waals surface area contributed by atoms with Gasteiger partial charge in [-0.1, -0.05) is 19.8 Å². The van der Waals surface area contributed by atoms with E-state index < -0.39 is 5.97 Å². The fraction of sp³-hybridized carbons (Fsp3) is 0.474. The van der Waals surface area contributed by atoms with Gasteiger partial charge in [-0.3, -0.25) is 4.98 Å². The second-order valence-corrected chi connectivity index (χ2v) is 6.43. The van der Waals surface area contributed by atoms with Gasteiger partial charge in [-0.25, -0.2) is 9.78 Å². The second kappa shape index (κ2) is 9.27.